The quantitative estimate of drug-likeness (QED) is 0.746. The van der Waals surface area contributed by atoms with Crippen molar-refractivity contribution >= 4 is 22.5 Å². The fraction of sp³-hybridized carbons (Fsp3) is 0.273. The Hall–Kier alpha value is -1.56. The molecular weight excluding hydrogens is 269 g/mol. The van der Waals surface area contributed by atoms with Gasteiger partial charge in [-0.25, -0.2) is 9.97 Å². The molecule has 0 N–H and O–H groups in total. The normalized spacial score (nSPS) is 11.9. The molecular formula is C11H8ClF3N2O. The Bertz CT molecular complexity index is 613. The zero-order chi connectivity index (χ0) is 13.5. The highest BCUT2D eigenvalue weighted by Crippen LogP contribution is 2.34. The number of nitrogens with zero attached hydrogens (tertiary/aromatic N) is 2. The summed E-state index contributed by atoms with van der Waals surface area (Å²) in [5.41, 5.74) is 0.745. The molecule has 0 bridgehead atoms. The van der Waals surface area contributed by atoms with Crippen LogP contribution in [0.2, 0.25) is 5.15 Å². The van der Waals surface area contributed by atoms with E-state index in [0.29, 0.717) is 10.9 Å². The number of hydrogen-bond donors (Lipinski definition) is 0. The molecule has 0 spiro atoms. The van der Waals surface area contributed by atoms with Crippen LogP contribution < -0.4 is 4.74 Å². The van der Waals surface area contributed by atoms with E-state index in [-0.39, 0.29) is 16.4 Å². The number of alkyl halides is 3. The van der Waals surface area contributed by atoms with Crippen molar-refractivity contribution in [1.82, 2.24) is 9.97 Å². The predicted molar refractivity (Wildman–Crippen MR) is 60.8 cm³/mol. The molecule has 2 aromatic rings. The highest BCUT2D eigenvalue weighted by molar-refractivity contribution is 6.34. The van der Waals surface area contributed by atoms with Crippen molar-refractivity contribution in [1.29, 1.82) is 0 Å². The summed E-state index contributed by atoms with van der Waals surface area (Å²) in [6.45, 7) is 1.71. The Morgan fingerprint density at radius 3 is 2.44 bits per heavy atom. The maximum absolute atomic E-state index is 12.6. The molecule has 0 saturated heterocycles. The third-order valence-corrected chi connectivity index (χ3v) is 2.72. The van der Waals surface area contributed by atoms with Gasteiger partial charge in [0, 0.05) is 5.39 Å². The molecule has 0 amide bonds. The van der Waals surface area contributed by atoms with E-state index in [1.807, 2.05) is 0 Å². The van der Waals surface area contributed by atoms with Crippen molar-refractivity contribution in [2.45, 2.75) is 13.1 Å². The van der Waals surface area contributed by atoms with Crippen LogP contribution in [0.4, 0.5) is 13.2 Å². The van der Waals surface area contributed by atoms with Crippen molar-refractivity contribution in [3.05, 3.63) is 28.7 Å². The lowest BCUT2D eigenvalue weighted by molar-refractivity contribution is -0.144. The molecule has 0 aliphatic rings. The van der Waals surface area contributed by atoms with Crippen LogP contribution in [-0.4, -0.2) is 17.1 Å². The maximum atomic E-state index is 12.6. The summed E-state index contributed by atoms with van der Waals surface area (Å²) in [4.78, 5) is 6.78. The summed E-state index contributed by atoms with van der Waals surface area (Å²) in [6, 6.07) is 3.23. The van der Waals surface area contributed by atoms with E-state index in [4.69, 9.17) is 16.3 Å². The van der Waals surface area contributed by atoms with Gasteiger partial charge in [0.2, 0.25) is 5.82 Å². The molecule has 3 nitrogen and oxygen atoms in total. The van der Waals surface area contributed by atoms with Gasteiger partial charge in [-0.15, -0.1) is 0 Å². The van der Waals surface area contributed by atoms with E-state index >= 15 is 0 Å². The third kappa shape index (κ3) is 2.08. The summed E-state index contributed by atoms with van der Waals surface area (Å²) in [7, 11) is 1.35. The second-order valence-corrected chi connectivity index (χ2v) is 4.00. The van der Waals surface area contributed by atoms with Crippen LogP contribution >= 0.6 is 11.6 Å². The Kier molecular flexibility index (Phi) is 3.06. The Labute approximate surface area is 106 Å². The molecule has 0 saturated carbocycles. The van der Waals surface area contributed by atoms with E-state index in [0.717, 1.165) is 0 Å². The first kappa shape index (κ1) is 12.9. The lowest BCUT2D eigenvalue weighted by Gasteiger charge is -2.11. The average molecular weight is 277 g/mol. The number of aryl methyl sites for hydroxylation is 1. The van der Waals surface area contributed by atoms with Gasteiger partial charge in [0.1, 0.15) is 16.4 Å². The zero-order valence-corrected chi connectivity index (χ0v) is 10.2. The lowest BCUT2D eigenvalue weighted by Crippen LogP contribution is -2.11. The van der Waals surface area contributed by atoms with Crippen molar-refractivity contribution < 1.29 is 17.9 Å². The van der Waals surface area contributed by atoms with Gasteiger partial charge in [0.15, 0.2) is 0 Å². The molecule has 18 heavy (non-hydrogen) atoms. The number of ether oxygens (including phenoxy) is 1. The third-order valence-electron chi connectivity index (χ3n) is 2.45. The summed E-state index contributed by atoms with van der Waals surface area (Å²) in [6.07, 6.45) is -4.65. The van der Waals surface area contributed by atoms with Gasteiger partial charge in [-0.1, -0.05) is 17.7 Å². The number of rotatable bonds is 1. The van der Waals surface area contributed by atoms with Crippen LogP contribution in [0, 0.1) is 6.92 Å². The van der Waals surface area contributed by atoms with E-state index in [9.17, 15) is 13.2 Å². The fourth-order valence-corrected chi connectivity index (χ4v) is 1.93. The summed E-state index contributed by atoms with van der Waals surface area (Å²) >= 11 is 5.80. The first-order valence-electron chi connectivity index (χ1n) is 4.92. The summed E-state index contributed by atoms with van der Waals surface area (Å²) in [5.74, 6) is -1.05. The SMILES string of the molecule is COc1ccc(C)c2c(Cl)nc(C(F)(F)F)nc12. The molecule has 1 aromatic heterocycles. The number of methoxy groups -OCH3 is 1. The van der Waals surface area contributed by atoms with E-state index in [2.05, 4.69) is 9.97 Å². The highest BCUT2D eigenvalue weighted by atomic mass is 35.5. The van der Waals surface area contributed by atoms with Crippen LogP contribution in [0.15, 0.2) is 12.1 Å². The minimum atomic E-state index is -4.65. The van der Waals surface area contributed by atoms with Crippen LogP contribution in [0.3, 0.4) is 0 Å². The first-order chi connectivity index (χ1) is 8.34. The lowest BCUT2D eigenvalue weighted by atomic mass is 10.1. The summed E-state index contributed by atoms with van der Waals surface area (Å²) < 4.78 is 42.8. The van der Waals surface area contributed by atoms with Crippen LogP contribution in [0.25, 0.3) is 10.9 Å². The number of aromatic nitrogens is 2. The average Bonchev–Trinajstić information content (AvgIpc) is 2.27. The second kappa shape index (κ2) is 4.28. The standard InChI is InChI=1S/C11H8ClF3N2O/c1-5-3-4-6(18-2)8-7(5)9(12)17-10(16-8)11(13,14)15/h3-4H,1-2H3. The van der Waals surface area contributed by atoms with Gasteiger partial charge in [0.25, 0.3) is 0 Å². The number of hydrogen-bond acceptors (Lipinski definition) is 3. The number of fused-ring (bicyclic) bond motifs is 1. The Balaban J connectivity index is 2.86. The molecule has 7 heteroatoms. The van der Waals surface area contributed by atoms with E-state index in [1.54, 1.807) is 19.1 Å². The van der Waals surface area contributed by atoms with Crippen molar-refractivity contribution in [3.63, 3.8) is 0 Å². The topological polar surface area (TPSA) is 35.0 Å². The largest absolute Gasteiger partial charge is 0.494 e. The van der Waals surface area contributed by atoms with E-state index in [1.165, 1.54) is 7.11 Å². The predicted octanol–water partition coefficient (Wildman–Crippen LogP) is 3.62. The Morgan fingerprint density at radius 2 is 1.89 bits per heavy atom. The zero-order valence-electron chi connectivity index (χ0n) is 9.47. The smallest absolute Gasteiger partial charge is 0.451 e. The van der Waals surface area contributed by atoms with Crippen LogP contribution in [0.5, 0.6) is 5.75 Å². The van der Waals surface area contributed by atoms with Gasteiger partial charge >= 0.3 is 6.18 Å². The van der Waals surface area contributed by atoms with E-state index < -0.39 is 12.0 Å². The molecule has 1 heterocycles. The van der Waals surface area contributed by atoms with Gasteiger partial charge in [-0.3, -0.25) is 0 Å². The molecule has 0 radical (unpaired) electrons. The molecule has 96 valence electrons. The minimum absolute atomic E-state index is 0.0600. The number of halogens is 4. The molecule has 0 fully saturated rings. The molecule has 0 aliphatic heterocycles. The summed E-state index contributed by atoms with van der Waals surface area (Å²) in [5, 5.41) is 0.132. The monoisotopic (exact) mass is 276 g/mol. The van der Waals surface area contributed by atoms with Gasteiger partial charge < -0.3 is 4.74 Å². The first-order valence-corrected chi connectivity index (χ1v) is 5.30. The minimum Gasteiger partial charge on any atom is -0.494 e. The maximum Gasteiger partial charge on any atom is 0.451 e. The van der Waals surface area contributed by atoms with Crippen LogP contribution in [0.1, 0.15) is 11.4 Å². The molecule has 2 rings (SSSR count). The van der Waals surface area contributed by atoms with Crippen molar-refractivity contribution in [3.8, 4) is 5.75 Å². The van der Waals surface area contributed by atoms with Crippen molar-refractivity contribution in [2.75, 3.05) is 7.11 Å². The van der Waals surface area contributed by atoms with Crippen LogP contribution in [-0.2, 0) is 6.18 Å². The Morgan fingerprint density at radius 1 is 1.22 bits per heavy atom. The molecule has 0 aliphatic carbocycles. The highest BCUT2D eigenvalue weighted by Gasteiger charge is 2.36. The van der Waals surface area contributed by atoms with Crippen molar-refractivity contribution in [2.24, 2.45) is 0 Å². The molecule has 0 atom stereocenters. The second-order valence-electron chi connectivity index (χ2n) is 3.64. The van der Waals surface area contributed by atoms with Gasteiger partial charge in [-0.2, -0.15) is 13.2 Å². The molecule has 1 aromatic carbocycles. The van der Waals surface area contributed by atoms with Gasteiger partial charge in [0.05, 0.1) is 7.11 Å². The fourth-order valence-electron chi connectivity index (χ4n) is 1.62. The van der Waals surface area contributed by atoms with Gasteiger partial charge in [-0.05, 0) is 18.6 Å². The number of benzene rings is 1. The molecule has 0 unspecified atom stereocenters.